The van der Waals surface area contributed by atoms with Gasteiger partial charge in [0.1, 0.15) is 0 Å². The van der Waals surface area contributed by atoms with Crippen LogP contribution >= 0.6 is 0 Å². The lowest BCUT2D eigenvalue weighted by atomic mass is 10.0. The van der Waals surface area contributed by atoms with Crippen molar-refractivity contribution in [2.75, 3.05) is 21.3 Å². The highest BCUT2D eigenvalue weighted by Gasteiger charge is 2.16. The maximum Gasteiger partial charge on any atom is 0.343 e. The van der Waals surface area contributed by atoms with Gasteiger partial charge in [0.25, 0.3) is 5.69 Å². The number of rotatable bonds is 8. The summed E-state index contributed by atoms with van der Waals surface area (Å²) in [5, 5.41) is 20.6. The molecule has 0 heterocycles. The fourth-order valence-electron chi connectivity index (χ4n) is 3.11. The Morgan fingerprint density at radius 1 is 0.882 bits per heavy atom. The summed E-state index contributed by atoms with van der Waals surface area (Å²) in [5.41, 5.74) is 1.42. The molecule has 34 heavy (non-hydrogen) atoms. The zero-order valence-corrected chi connectivity index (χ0v) is 18.6. The summed E-state index contributed by atoms with van der Waals surface area (Å²) in [6, 6.07) is 17.3. The smallest absolute Gasteiger partial charge is 0.343 e. The fraction of sp³-hybridized carbons (Fsp3) is 0.120. The van der Waals surface area contributed by atoms with Gasteiger partial charge in [0.05, 0.1) is 43.5 Å². The molecule has 0 spiro atoms. The lowest BCUT2D eigenvalue weighted by Crippen LogP contribution is -2.09. The van der Waals surface area contributed by atoms with Crippen molar-refractivity contribution in [2.24, 2.45) is 0 Å². The van der Waals surface area contributed by atoms with Crippen LogP contribution < -0.4 is 18.9 Å². The van der Waals surface area contributed by atoms with E-state index in [1.54, 1.807) is 36.4 Å². The van der Waals surface area contributed by atoms with E-state index in [0.717, 1.165) is 6.07 Å². The average molecular weight is 460 g/mol. The number of carbonyl (C=O) groups is 1. The predicted molar refractivity (Wildman–Crippen MR) is 124 cm³/mol. The van der Waals surface area contributed by atoms with Gasteiger partial charge < -0.3 is 18.9 Å². The molecule has 0 bridgehead atoms. The molecule has 0 fully saturated rings. The lowest BCUT2D eigenvalue weighted by Gasteiger charge is -2.11. The van der Waals surface area contributed by atoms with Gasteiger partial charge in [-0.05, 0) is 53.6 Å². The van der Waals surface area contributed by atoms with Gasteiger partial charge >= 0.3 is 5.97 Å². The third-order valence-corrected chi connectivity index (χ3v) is 4.81. The van der Waals surface area contributed by atoms with Crippen molar-refractivity contribution in [3.05, 3.63) is 87.5 Å². The second kappa shape index (κ2) is 10.7. The molecule has 0 aliphatic carbocycles. The second-order valence-electron chi connectivity index (χ2n) is 6.85. The SMILES string of the molecule is COc1ccc(/C(C#N)=C\c2ccc(OC(=O)c3cccc([N+](=O)[O-])c3)c(OC)c2)cc1OC. The first kappa shape index (κ1) is 23.8. The molecular weight excluding hydrogens is 440 g/mol. The number of ether oxygens (including phenoxy) is 4. The molecule has 0 aliphatic heterocycles. The molecule has 0 saturated carbocycles. The van der Waals surface area contributed by atoms with Crippen LogP contribution in [-0.2, 0) is 0 Å². The third-order valence-electron chi connectivity index (χ3n) is 4.81. The highest BCUT2D eigenvalue weighted by Crippen LogP contribution is 2.33. The van der Waals surface area contributed by atoms with Crippen molar-refractivity contribution in [2.45, 2.75) is 0 Å². The molecule has 0 aromatic heterocycles. The summed E-state index contributed by atoms with van der Waals surface area (Å²) in [4.78, 5) is 22.8. The normalized spacial score (nSPS) is 10.7. The number of carbonyl (C=O) groups excluding carboxylic acids is 1. The van der Waals surface area contributed by atoms with Crippen molar-refractivity contribution in [1.82, 2.24) is 0 Å². The largest absolute Gasteiger partial charge is 0.493 e. The number of hydrogen-bond donors (Lipinski definition) is 0. The number of esters is 1. The minimum absolute atomic E-state index is 0.0282. The van der Waals surface area contributed by atoms with E-state index in [1.807, 2.05) is 0 Å². The number of nitriles is 1. The number of nitrogens with zero attached hydrogens (tertiary/aromatic N) is 2. The van der Waals surface area contributed by atoms with Crippen LogP contribution in [0, 0.1) is 21.4 Å². The maximum atomic E-state index is 12.5. The summed E-state index contributed by atoms with van der Waals surface area (Å²) in [6.07, 6.45) is 1.65. The van der Waals surface area contributed by atoms with Crippen LogP contribution in [0.1, 0.15) is 21.5 Å². The molecule has 9 nitrogen and oxygen atoms in total. The van der Waals surface area contributed by atoms with E-state index in [9.17, 15) is 20.2 Å². The first-order valence-electron chi connectivity index (χ1n) is 9.89. The molecule has 0 N–H and O–H groups in total. The van der Waals surface area contributed by atoms with Gasteiger partial charge in [0.15, 0.2) is 23.0 Å². The zero-order chi connectivity index (χ0) is 24.7. The number of benzene rings is 3. The fourth-order valence-corrected chi connectivity index (χ4v) is 3.11. The summed E-state index contributed by atoms with van der Waals surface area (Å²) < 4.78 is 21.2. The van der Waals surface area contributed by atoms with Crippen molar-refractivity contribution in [3.8, 4) is 29.1 Å². The third kappa shape index (κ3) is 5.31. The van der Waals surface area contributed by atoms with E-state index in [4.69, 9.17) is 18.9 Å². The number of hydrogen-bond acceptors (Lipinski definition) is 8. The molecule has 0 amide bonds. The predicted octanol–water partition coefficient (Wildman–Crippen LogP) is 4.90. The number of non-ortho nitro benzene ring substituents is 1. The van der Waals surface area contributed by atoms with E-state index < -0.39 is 10.9 Å². The van der Waals surface area contributed by atoms with Crippen molar-refractivity contribution in [3.63, 3.8) is 0 Å². The standard InChI is InChI=1S/C25H20N2O7/c1-31-21-10-8-17(14-24(21)33-3)19(15-26)11-16-7-9-22(23(12-16)32-2)34-25(28)18-5-4-6-20(13-18)27(29)30/h4-14H,1-3H3/b19-11-. The molecule has 0 saturated heterocycles. The molecule has 9 heteroatoms. The van der Waals surface area contributed by atoms with Gasteiger partial charge in [-0.1, -0.05) is 12.1 Å². The van der Waals surface area contributed by atoms with Crippen molar-refractivity contribution >= 4 is 23.3 Å². The van der Waals surface area contributed by atoms with Crippen LogP contribution in [0.2, 0.25) is 0 Å². The topological polar surface area (TPSA) is 121 Å². The Kier molecular flexibility index (Phi) is 7.46. The Hall–Kier alpha value is -4.84. The Morgan fingerprint density at radius 2 is 1.56 bits per heavy atom. The summed E-state index contributed by atoms with van der Waals surface area (Å²) in [5.74, 6) is 0.633. The monoisotopic (exact) mass is 460 g/mol. The van der Waals surface area contributed by atoms with Crippen LogP contribution in [0.4, 0.5) is 5.69 Å². The summed E-state index contributed by atoms with van der Waals surface area (Å²) >= 11 is 0. The van der Waals surface area contributed by atoms with Crippen LogP contribution in [-0.4, -0.2) is 32.2 Å². The molecule has 0 radical (unpaired) electrons. The van der Waals surface area contributed by atoms with Gasteiger partial charge in [-0.3, -0.25) is 10.1 Å². The zero-order valence-electron chi connectivity index (χ0n) is 18.6. The van der Waals surface area contributed by atoms with Gasteiger partial charge in [0.2, 0.25) is 0 Å². The quantitative estimate of drug-likeness (QED) is 0.116. The van der Waals surface area contributed by atoms with Gasteiger partial charge in [-0.25, -0.2) is 4.79 Å². The van der Waals surface area contributed by atoms with E-state index in [2.05, 4.69) is 6.07 Å². The van der Waals surface area contributed by atoms with Crippen LogP contribution in [0.15, 0.2) is 60.7 Å². The summed E-state index contributed by atoms with van der Waals surface area (Å²) in [6.45, 7) is 0. The molecule has 0 unspecified atom stereocenters. The van der Waals surface area contributed by atoms with Crippen LogP contribution in [0.3, 0.4) is 0 Å². The Balaban J connectivity index is 1.89. The minimum Gasteiger partial charge on any atom is -0.493 e. The Morgan fingerprint density at radius 3 is 2.21 bits per heavy atom. The van der Waals surface area contributed by atoms with Crippen molar-refractivity contribution in [1.29, 1.82) is 5.26 Å². The number of nitro benzene ring substituents is 1. The van der Waals surface area contributed by atoms with E-state index in [0.29, 0.717) is 28.2 Å². The van der Waals surface area contributed by atoms with E-state index in [1.165, 1.54) is 45.6 Å². The average Bonchev–Trinajstić information content (AvgIpc) is 2.87. The van der Waals surface area contributed by atoms with E-state index in [-0.39, 0.29) is 22.7 Å². The highest BCUT2D eigenvalue weighted by molar-refractivity contribution is 5.93. The van der Waals surface area contributed by atoms with Crippen LogP contribution in [0.25, 0.3) is 11.6 Å². The molecule has 3 rings (SSSR count). The maximum absolute atomic E-state index is 12.5. The Bertz CT molecular complexity index is 1310. The molecule has 172 valence electrons. The number of nitro groups is 1. The first-order valence-corrected chi connectivity index (χ1v) is 9.89. The number of methoxy groups -OCH3 is 3. The second-order valence-corrected chi connectivity index (χ2v) is 6.85. The minimum atomic E-state index is -0.770. The Labute approximate surface area is 195 Å². The molecule has 3 aromatic carbocycles. The van der Waals surface area contributed by atoms with E-state index >= 15 is 0 Å². The van der Waals surface area contributed by atoms with Gasteiger partial charge in [-0.15, -0.1) is 0 Å². The molecule has 3 aromatic rings. The lowest BCUT2D eigenvalue weighted by molar-refractivity contribution is -0.384. The van der Waals surface area contributed by atoms with Crippen molar-refractivity contribution < 1.29 is 28.7 Å². The first-order chi connectivity index (χ1) is 16.4. The molecule has 0 aliphatic rings. The number of allylic oxidation sites excluding steroid dienone is 1. The molecule has 0 atom stereocenters. The summed E-state index contributed by atoms with van der Waals surface area (Å²) in [7, 11) is 4.45. The van der Waals surface area contributed by atoms with Gasteiger partial charge in [-0.2, -0.15) is 5.26 Å². The molecular formula is C25H20N2O7. The highest BCUT2D eigenvalue weighted by atomic mass is 16.6. The van der Waals surface area contributed by atoms with Crippen LogP contribution in [0.5, 0.6) is 23.0 Å². The van der Waals surface area contributed by atoms with Gasteiger partial charge in [0, 0.05) is 12.1 Å².